The molecule has 0 unspecified atom stereocenters. The van der Waals surface area contributed by atoms with Crippen molar-refractivity contribution in [1.29, 1.82) is 0 Å². The van der Waals surface area contributed by atoms with Crippen molar-refractivity contribution in [2.45, 2.75) is 72.3 Å². The van der Waals surface area contributed by atoms with Crippen LogP contribution in [0.4, 0.5) is 17.2 Å². The Morgan fingerprint density at radius 2 is 1.81 bits per heavy atom. The van der Waals surface area contributed by atoms with Gasteiger partial charge in [-0.2, -0.15) is 0 Å². The summed E-state index contributed by atoms with van der Waals surface area (Å²) in [5, 5.41) is 0. The molecule has 0 N–H and O–H groups in total. The number of aromatic nitrogens is 2. The van der Waals surface area contributed by atoms with Crippen LogP contribution in [0.1, 0.15) is 70.7 Å². The molecule has 0 amide bonds. The molecular weight excluding hydrogens is 400 g/mol. The van der Waals surface area contributed by atoms with Gasteiger partial charge in [-0.3, -0.25) is 0 Å². The molecule has 5 heteroatoms. The molecular formula is C22H31BrN4. The van der Waals surface area contributed by atoms with Gasteiger partial charge in [0.25, 0.3) is 0 Å². The first-order chi connectivity index (χ1) is 13.0. The fraction of sp³-hybridized carbons (Fsp3) is 0.545. The van der Waals surface area contributed by atoms with E-state index < -0.39 is 0 Å². The lowest BCUT2D eigenvalue weighted by atomic mass is 10.0. The lowest BCUT2D eigenvalue weighted by Crippen LogP contribution is -2.37. The third-order valence-electron chi connectivity index (χ3n) is 5.34. The summed E-state index contributed by atoms with van der Waals surface area (Å²) in [6.45, 7) is 11.8. The Hall–Kier alpha value is -1.62. The minimum absolute atomic E-state index is 0.516. The number of anilines is 3. The second-order valence-electron chi connectivity index (χ2n) is 7.76. The molecule has 0 fully saturated rings. The van der Waals surface area contributed by atoms with E-state index in [4.69, 9.17) is 4.98 Å². The molecule has 146 valence electrons. The van der Waals surface area contributed by atoms with Gasteiger partial charge in [-0.25, -0.2) is 9.97 Å². The highest BCUT2D eigenvalue weighted by atomic mass is 79.9. The molecule has 2 heterocycles. The number of hydrogen-bond acceptors (Lipinski definition) is 4. The van der Waals surface area contributed by atoms with Crippen LogP contribution in [0.2, 0.25) is 0 Å². The molecule has 1 aromatic carbocycles. The summed E-state index contributed by atoms with van der Waals surface area (Å²) in [4.78, 5) is 14.2. The van der Waals surface area contributed by atoms with Crippen LogP contribution in [0.3, 0.4) is 0 Å². The first kappa shape index (κ1) is 20.1. The van der Waals surface area contributed by atoms with E-state index in [0.717, 1.165) is 28.5 Å². The summed E-state index contributed by atoms with van der Waals surface area (Å²) in [7, 11) is 0. The molecule has 3 rings (SSSR count). The van der Waals surface area contributed by atoms with Crippen molar-refractivity contribution < 1.29 is 0 Å². The molecule has 0 saturated carbocycles. The Balaban J connectivity index is 2.01. The number of nitrogens with zero attached hydrogens (tertiary/aromatic N) is 4. The zero-order valence-corrected chi connectivity index (χ0v) is 18.8. The standard InChI is InChI=1S/C22H31BrN4/c1-6-8-18(9-7-2)26-14-27(21-13-24-16(5)25-22(21)26)20-11-10-17(15(3)4)12-19(20)23/h10-13,15,18H,6-9,14H2,1-5H3. The normalized spacial score (nSPS) is 13.8. The number of fused-ring (bicyclic) bond motifs is 1. The van der Waals surface area contributed by atoms with E-state index in [-0.39, 0.29) is 0 Å². The number of aryl methyl sites for hydroxylation is 1. The van der Waals surface area contributed by atoms with Crippen molar-refractivity contribution in [3.63, 3.8) is 0 Å². The van der Waals surface area contributed by atoms with Gasteiger partial charge in [0, 0.05) is 10.5 Å². The number of hydrogen-bond donors (Lipinski definition) is 0. The lowest BCUT2D eigenvalue weighted by molar-refractivity contribution is 0.511. The molecule has 0 spiro atoms. The topological polar surface area (TPSA) is 32.3 Å². The van der Waals surface area contributed by atoms with Gasteiger partial charge >= 0.3 is 0 Å². The van der Waals surface area contributed by atoms with E-state index in [9.17, 15) is 0 Å². The molecule has 2 aromatic rings. The number of halogens is 1. The van der Waals surface area contributed by atoms with Crippen LogP contribution in [0.25, 0.3) is 0 Å². The first-order valence-electron chi connectivity index (χ1n) is 10.1. The molecule has 0 radical (unpaired) electrons. The zero-order chi connectivity index (χ0) is 19.6. The van der Waals surface area contributed by atoms with E-state index in [1.54, 1.807) is 0 Å². The molecule has 0 aliphatic carbocycles. The van der Waals surface area contributed by atoms with Gasteiger partial charge in [0.15, 0.2) is 5.82 Å². The summed E-state index contributed by atoms with van der Waals surface area (Å²) in [5.41, 5.74) is 3.63. The van der Waals surface area contributed by atoms with E-state index >= 15 is 0 Å². The van der Waals surface area contributed by atoms with E-state index in [0.29, 0.717) is 12.0 Å². The van der Waals surface area contributed by atoms with Gasteiger partial charge < -0.3 is 9.80 Å². The lowest BCUT2D eigenvalue weighted by Gasteiger charge is -2.30. The molecule has 0 atom stereocenters. The zero-order valence-electron chi connectivity index (χ0n) is 17.2. The first-order valence-corrected chi connectivity index (χ1v) is 10.9. The van der Waals surface area contributed by atoms with Crippen LogP contribution in [-0.4, -0.2) is 22.7 Å². The van der Waals surface area contributed by atoms with Gasteiger partial charge in [0.2, 0.25) is 0 Å². The maximum atomic E-state index is 4.83. The van der Waals surface area contributed by atoms with E-state index in [2.05, 4.69) is 76.6 Å². The number of benzene rings is 1. The van der Waals surface area contributed by atoms with Crippen molar-refractivity contribution in [3.05, 3.63) is 40.3 Å². The summed E-state index contributed by atoms with van der Waals surface area (Å²) in [6.07, 6.45) is 6.74. The summed E-state index contributed by atoms with van der Waals surface area (Å²) in [6, 6.07) is 7.22. The third kappa shape index (κ3) is 4.13. The van der Waals surface area contributed by atoms with Crippen molar-refractivity contribution >= 4 is 33.1 Å². The Morgan fingerprint density at radius 1 is 1.11 bits per heavy atom. The van der Waals surface area contributed by atoms with Gasteiger partial charge in [0.05, 0.1) is 18.6 Å². The Morgan fingerprint density at radius 3 is 2.41 bits per heavy atom. The van der Waals surface area contributed by atoms with Crippen molar-refractivity contribution in [2.75, 3.05) is 16.5 Å². The summed E-state index contributed by atoms with van der Waals surface area (Å²) >= 11 is 3.81. The van der Waals surface area contributed by atoms with Crippen molar-refractivity contribution in [1.82, 2.24) is 9.97 Å². The van der Waals surface area contributed by atoms with Crippen LogP contribution >= 0.6 is 15.9 Å². The number of rotatable bonds is 7. The minimum Gasteiger partial charge on any atom is -0.334 e. The SMILES string of the molecule is CCCC(CCC)N1CN(c2ccc(C(C)C)cc2Br)c2cnc(C)nc21. The highest BCUT2D eigenvalue weighted by Gasteiger charge is 2.33. The maximum absolute atomic E-state index is 4.83. The van der Waals surface area contributed by atoms with Crippen LogP contribution in [0.5, 0.6) is 0 Å². The van der Waals surface area contributed by atoms with Crippen molar-refractivity contribution in [2.24, 2.45) is 0 Å². The molecule has 0 bridgehead atoms. The maximum Gasteiger partial charge on any atom is 0.158 e. The molecule has 0 saturated heterocycles. The Labute approximate surface area is 172 Å². The van der Waals surface area contributed by atoms with Gasteiger partial charge in [-0.1, -0.05) is 46.6 Å². The van der Waals surface area contributed by atoms with Crippen LogP contribution in [0, 0.1) is 6.92 Å². The predicted octanol–water partition coefficient (Wildman–Crippen LogP) is 6.56. The molecule has 1 aliphatic rings. The van der Waals surface area contributed by atoms with Crippen LogP contribution in [-0.2, 0) is 0 Å². The molecule has 27 heavy (non-hydrogen) atoms. The van der Waals surface area contributed by atoms with E-state index in [1.807, 2.05) is 13.1 Å². The second kappa shape index (κ2) is 8.59. The smallest absolute Gasteiger partial charge is 0.158 e. The highest BCUT2D eigenvalue weighted by Crippen LogP contribution is 2.43. The largest absolute Gasteiger partial charge is 0.334 e. The molecule has 4 nitrogen and oxygen atoms in total. The van der Waals surface area contributed by atoms with Gasteiger partial charge in [-0.15, -0.1) is 0 Å². The monoisotopic (exact) mass is 430 g/mol. The van der Waals surface area contributed by atoms with Crippen LogP contribution in [0.15, 0.2) is 28.9 Å². The van der Waals surface area contributed by atoms with E-state index in [1.165, 1.54) is 36.9 Å². The average Bonchev–Trinajstić information content (AvgIpc) is 2.99. The average molecular weight is 431 g/mol. The second-order valence-corrected chi connectivity index (χ2v) is 8.62. The third-order valence-corrected chi connectivity index (χ3v) is 5.98. The summed E-state index contributed by atoms with van der Waals surface area (Å²) < 4.78 is 1.13. The molecule has 1 aromatic heterocycles. The molecule has 1 aliphatic heterocycles. The fourth-order valence-corrected chi connectivity index (χ4v) is 4.48. The Kier molecular flexibility index (Phi) is 6.40. The minimum atomic E-state index is 0.516. The summed E-state index contributed by atoms with van der Waals surface area (Å²) in [5.74, 6) is 2.43. The fourth-order valence-electron chi connectivity index (χ4n) is 3.87. The van der Waals surface area contributed by atoms with Gasteiger partial charge in [0.1, 0.15) is 11.5 Å². The quantitative estimate of drug-likeness (QED) is 0.497. The van der Waals surface area contributed by atoms with Gasteiger partial charge in [-0.05, 0) is 59.3 Å². The Bertz CT molecular complexity index is 784. The van der Waals surface area contributed by atoms with Crippen LogP contribution < -0.4 is 9.80 Å². The highest BCUT2D eigenvalue weighted by molar-refractivity contribution is 9.10. The predicted molar refractivity (Wildman–Crippen MR) is 118 cm³/mol. The van der Waals surface area contributed by atoms with Crippen molar-refractivity contribution in [3.8, 4) is 0 Å².